The van der Waals surface area contributed by atoms with E-state index in [4.69, 9.17) is 9.47 Å². The molecule has 0 atom stereocenters. The van der Waals surface area contributed by atoms with Crippen LogP contribution in [0.1, 0.15) is 25.9 Å². The largest absolute Gasteiger partial charge is 0.462 e. The normalized spacial score (nSPS) is 12.0. The molecule has 0 aromatic carbocycles. The molecule has 168 valence electrons. The summed E-state index contributed by atoms with van der Waals surface area (Å²) >= 11 is 6.11. The summed E-state index contributed by atoms with van der Waals surface area (Å²) in [6.07, 6.45) is 4.12. The van der Waals surface area contributed by atoms with E-state index in [0.29, 0.717) is 17.6 Å². The van der Waals surface area contributed by atoms with Crippen molar-refractivity contribution < 1.29 is 19.1 Å². The maximum absolute atomic E-state index is 12.7. The van der Waals surface area contributed by atoms with Gasteiger partial charge >= 0.3 is 11.9 Å². The Kier molecular flexibility index (Phi) is 8.43. The van der Waals surface area contributed by atoms with Crippen molar-refractivity contribution in [3.8, 4) is 0 Å². The summed E-state index contributed by atoms with van der Waals surface area (Å²) in [5.74, 6) is -0.761. The highest BCUT2D eigenvalue weighted by molar-refractivity contribution is 7.13. The summed E-state index contributed by atoms with van der Waals surface area (Å²) in [6.45, 7) is 0.338. The second kappa shape index (κ2) is 11.9. The van der Waals surface area contributed by atoms with Crippen molar-refractivity contribution in [1.29, 1.82) is 0 Å². The summed E-state index contributed by atoms with van der Waals surface area (Å²) in [5.41, 5.74) is 1.06. The van der Waals surface area contributed by atoms with Gasteiger partial charge in [0.05, 0.1) is 24.4 Å². The lowest BCUT2D eigenvalue weighted by atomic mass is 10.2. The van der Waals surface area contributed by atoms with Crippen LogP contribution >= 0.6 is 45.3 Å². The molecule has 4 rings (SSSR count). The van der Waals surface area contributed by atoms with E-state index in [2.05, 4.69) is 0 Å². The molecule has 8 heteroatoms. The lowest BCUT2D eigenvalue weighted by molar-refractivity contribution is -0.138. The summed E-state index contributed by atoms with van der Waals surface area (Å²) in [6, 6.07) is 15.4. The third-order valence-electron chi connectivity index (χ3n) is 4.43. The Labute approximate surface area is 208 Å². The van der Waals surface area contributed by atoms with Gasteiger partial charge in [-0.15, -0.1) is 45.3 Å². The number of hydrogen-bond donors (Lipinski definition) is 0. The molecule has 4 heterocycles. The lowest BCUT2D eigenvalue weighted by Crippen LogP contribution is -2.12. The van der Waals surface area contributed by atoms with Crippen LogP contribution in [0.3, 0.4) is 0 Å². The van der Waals surface area contributed by atoms with Gasteiger partial charge in [-0.1, -0.05) is 24.3 Å². The van der Waals surface area contributed by atoms with Crippen LogP contribution in [0.5, 0.6) is 0 Å². The standard InChI is InChI=1S/C25H20O4S4/c26-24(20(22-8-3-14-32-22)16-18-6-1-12-30-18)28-10-5-11-29-25(27)21(23-9-4-15-33-23)17-19-7-2-13-31-19/h1-4,6-9,12-17H,5,10-11H2. The Morgan fingerprint density at radius 3 is 1.42 bits per heavy atom. The summed E-state index contributed by atoms with van der Waals surface area (Å²) in [5, 5.41) is 7.79. The molecule has 0 bridgehead atoms. The minimum absolute atomic E-state index is 0.169. The predicted molar refractivity (Wildman–Crippen MR) is 140 cm³/mol. The van der Waals surface area contributed by atoms with Gasteiger partial charge in [-0.2, -0.15) is 0 Å². The number of carbonyl (C=O) groups is 2. The Bertz CT molecular complexity index is 1100. The molecular weight excluding hydrogens is 493 g/mol. The fraction of sp³-hybridized carbons (Fsp3) is 0.120. The highest BCUT2D eigenvalue weighted by Crippen LogP contribution is 2.27. The molecule has 0 N–H and O–H groups in total. The number of esters is 2. The van der Waals surface area contributed by atoms with Crippen LogP contribution in [0.2, 0.25) is 0 Å². The molecule has 0 radical (unpaired) electrons. The Balaban J connectivity index is 1.31. The molecule has 0 amide bonds. The SMILES string of the molecule is O=C(OCCCOC(=O)C(=Cc1cccs1)c1cccs1)C(=Cc1cccs1)c1cccs1. The average Bonchev–Trinajstić information content (AvgIpc) is 3.64. The van der Waals surface area contributed by atoms with Gasteiger partial charge in [0.1, 0.15) is 0 Å². The molecular formula is C25H20O4S4. The zero-order chi connectivity index (χ0) is 22.9. The fourth-order valence-corrected chi connectivity index (χ4v) is 5.68. The molecule has 4 nitrogen and oxygen atoms in total. The molecule has 0 unspecified atom stereocenters. The maximum atomic E-state index is 12.7. The van der Waals surface area contributed by atoms with Gasteiger partial charge in [-0.25, -0.2) is 9.59 Å². The molecule has 4 aromatic heterocycles. The first kappa shape index (κ1) is 23.4. The van der Waals surface area contributed by atoms with Crippen molar-refractivity contribution in [2.45, 2.75) is 6.42 Å². The maximum Gasteiger partial charge on any atom is 0.339 e. The van der Waals surface area contributed by atoms with Crippen LogP contribution in [-0.4, -0.2) is 25.2 Å². The number of carbonyl (C=O) groups excluding carboxylic acids is 2. The lowest BCUT2D eigenvalue weighted by Gasteiger charge is -2.09. The number of hydrogen-bond acceptors (Lipinski definition) is 8. The van der Waals surface area contributed by atoms with E-state index in [1.54, 1.807) is 22.7 Å². The number of ether oxygens (including phenoxy) is 2. The first-order valence-electron chi connectivity index (χ1n) is 10.1. The average molecular weight is 513 g/mol. The molecule has 0 aliphatic carbocycles. The molecule has 33 heavy (non-hydrogen) atoms. The van der Waals surface area contributed by atoms with E-state index < -0.39 is 0 Å². The number of rotatable bonds is 10. The quantitative estimate of drug-likeness (QED) is 0.128. The minimum Gasteiger partial charge on any atom is -0.462 e. The van der Waals surface area contributed by atoms with Crippen molar-refractivity contribution in [3.05, 3.63) is 89.6 Å². The molecule has 0 spiro atoms. The molecule has 0 aliphatic heterocycles. The molecule has 0 saturated carbocycles. The van der Waals surface area contributed by atoms with Gasteiger partial charge in [-0.3, -0.25) is 0 Å². The van der Waals surface area contributed by atoms with Gasteiger partial charge in [0.25, 0.3) is 0 Å². The molecule has 0 fully saturated rings. The van der Waals surface area contributed by atoms with E-state index >= 15 is 0 Å². The van der Waals surface area contributed by atoms with E-state index in [1.165, 1.54) is 22.7 Å². The van der Waals surface area contributed by atoms with E-state index in [-0.39, 0.29) is 25.2 Å². The Morgan fingerprint density at radius 2 is 1.06 bits per heavy atom. The zero-order valence-electron chi connectivity index (χ0n) is 17.5. The van der Waals surface area contributed by atoms with Crippen molar-refractivity contribution >= 4 is 80.6 Å². The van der Waals surface area contributed by atoms with Crippen LogP contribution in [0.4, 0.5) is 0 Å². The van der Waals surface area contributed by atoms with Gasteiger partial charge < -0.3 is 9.47 Å². The van der Waals surface area contributed by atoms with Crippen LogP contribution in [0, 0.1) is 0 Å². The highest BCUT2D eigenvalue weighted by atomic mass is 32.1. The minimum atomic E-state index is -0.381. The summed E-state index contributed by atoms with van der Waals surface area (Å²) in [7, 11) is 0. The van der Waals surface area contributed by atoms with Crippen LogP contribution in [0.25, 0.3) is 23.3 Å². The van der Waals surface area contributed by atoms with Crippen LogP contribution < -0.4 is 0 Å². The van der Waals surface area contributed by atoms with E-state index in [9.17, 15) is 9.59 Å². The summed E-state index contributed by atoms with van der Waals surface area (Å²) < 4.78 is 11.0. The second-order valence-electron chi connectivity index (χ2n) is 6.73. The van der Waals surface area contributed by atoms with Gasteiger partial charge in [-0.05, 0) is 57.9 Å². The fourth-order valence-electron chi connectivity index (χ4n) is 2.90. The van der Waals surface area contributed by atoms with Crippen molar-refractivity contribution in [1.82, 2.24) is 0 Å². The topological polar surface area (TPSA) is 52.6 Å². The number of thiophene rings is 4. The van der Waals surface area contributed by atoms with Crippen molar-refractivity contribution in [3.63, 3.8) is 0 Å². The van der Waals surface area contributed by atoms with Crippen LogP contribution in [0.15, 0.2) is 70.1 Å². The van der Waals surface area contributed by atoms with Crippen LogP contribution in [-0.2, 0) is 19.1 Å². The third-order valence-corrected chi connectivity index (χ3v) is 7.87. The Hall–Kier alpha value is -2.78. The molecule has 4 aromatic rings. The van der Waals surface area contributed by atoms with Gasteiger partial charge in [0, 0.05) is 25.9 Å². The first-order valence-corrected chi connectivity index (χ1v) is 13.6. The smallest absolute Gasteiger partial charge is 0.339 e. The van der Waals surface area contributed by atoms with E-state index in [0.717, 1.165) is 19.5 Å². The van der Waals surface area contributed by atoms with Crippen molar-refractivity contribution in [2.24, 2.45) is 0 Å². The van der Waals surface area contributed by atoms with E-state index in [1.807, 2.05) is 82.2 Å². The zero-order valence-corrected chi connectivity index (χ0v) is 20.7. The summed E-state index contributed by atoms with van der Waals surface area (Å²) in [4.78, 5) is 29.1. The van der Waals surface area contributed by atoms with Gasteiger partial charge in [0.15, 0.2) is 0 Å². The first-order chi connectivity index (χ1) is 16.2. The van der Waals surface area contributed by atoms with Gasteiger partial charge in [0.2, 0.25) is 0 Å². The molecule has 0 saturated heterocycles. The molecule has 0 aliphatic rings. The Morgan fingerprint density at radius 1 is 0.636 bits per heavy atom. The monoisotopic (exact) mass is 512 g/mol. The second-order valence-corrected chi connectivity index (χ2v) is 10.6. The predicted octanol–water partition coefficient (Wildman–Crippen LogP) is 7.19. The van der Waals surface area contributed by atoms with Crippen molar-refractivity contribution in [2.75, 3.05) is 13.2 Å². The third kappa shape index (κ3) is 6.61. The highest BCUT2D eigenvalue weighted by Gasteiger charge is 2.17.